The van der Waals surface area contributed by atoms with E-state index in [1.807, 2.05) is 50.2 Å². The molecule has 17 heavy (non-hydrogen) atoms. The van der Waals surface area contributed by atoms with E-state index < -0.39 is 8.03 Å². The van der Waals surface area contributed by atoms with Crippen molar-refractivity contribution in [3.8, 4) is 16.9 Å². The second-order valence-electron chi connectivity index (χ2n) is 4.34. The highest BCUT2D eigenvalue weighted by Crippen LogP contribution is 2.44. The second kappa shape index (κ2) is 3.75. The lowest BCUT2D eigenvalue weighted by Gasteiger charge is -2.23. The molecule has 2 aromatic carbocycles. The summed E-state index contributed by atoms with van der Waals surface area (Å²) in [6, 6.07) is 12.0. The van der Waals surface area contributed by atoms with Crippen LogP contribution in [0, 0.1) is 13.8 Å². The molecule has 0 N–H and O–H groups in total. The second-order valence-corrected chi connectivity index (χ2v) is 5.62. The van der Waals surface area contributed by atoms with Gasteiger partial charge in [0.25, 0.3) is 8.03 Å². The Bertz CT molecular complexity index is 632. The third-order valence-corrected chi connectivity index (χ3v) is 4.64. The molecule has 0 fully saturated rings. The van der Waals surface area contributed by atoms with Crippen LogP contribution in [-0.2, 0) is 4.57 Å². The first-order valence-corrected chi connectivity index (χ1v) is 6.92. The van der Waals surface area contributed by atoms with E-state index in [2.05, 4.69) is 0 Å². The van der Waals surface area contributed by atoms with Gasteiger partial charge >= 0.3 is 0 Å². The van der Waals surface area contributed by atoms with Crippen LogP contribution < -0.4 is 9.83 Å². The summed E-state index contributed by atoms with van der Waals surface area (Å²) in [6.45, 7) is 3.96. The summed E-state index contributed by atoms with van der Waals surface area (Å²) in [5.41, 5.74) is 4.18. The van der Waals surface area contributed by atoms with E-state index in [4.69, 9.17) is 4.52 Å². The summed E-state index contributed by atoms with van der Waals surface area (Å²) in [5.74, 6) is 0.773. The van der Waals surface area contributed by atoms with Crippen LogP contribution in [0.25, 0.3) is 11.1 Å². The molecule has 0 bridgehead atoms. The van der Waals surface area contributed by atoms with Crippen LogP contribution in [0.5, 0.6) is 5.75 Å². The van der Waals surface area contributed by atoms with Crippen molar-refractivity contribution in [1.82, 2.24) is 0 Å². The van der Waals surface area contributed by atoms with Crippen LogP contribution in [0.4, 0.5) is 0 Å². The van der Waals surface area contributed by atoms with Crippen molar-refractivity contribution in [2.75, 3.05) is 0 Å². The van der Waals surface area contributed by atoms with Crippen molar-refractivity contribution in [2.45, 2.75) is 13.8 Å². The van der Waals surface area contributed by atoms with Crippen molar-refractivity contribution < 1.29 is 9.09 Å². The fourth-order valence-corrected chi connectivity index (χ4v) is 3.71. The predicted molar refractivity (Wildman–Crippen MR) is 70.6 cm³/mol. The van der Waals surface area contributed by atoms with E-state index in [1.165, 1.54) is 0 Å². The van der Waals surface area contributed by atoms with E-state index in [0.717, 1.165) is 33.3 Å². The van der Waals surface area contributed by atoms with Crippen LogP contribution in [0.15, 0.2) is 36.4 Å². The SMILES string of the molecule is Cc1cccc2c1O[PH](=O)c1c(C)cccc1-2. The first-order valence-electron chi connectivity index (χ1n) is 5.60. The van der Waals surface area contributed by atoms with E-state index in [1.54, 1.807) is 0 Å². The smallest absolute Gasteiger partial charge is 0.266 e. The Balaban J connectivity index is 2.39. The van der Waals surface area contributed by atoms with Gasteiger partial charge in [-0.25, -0.2) is 0 Å². The quantitative estimate of drug-likeness (QED) is 0.663. The van der Waals surface area contributed by atoms with Gasteiger partial charge in [-0.15, -0.1) is 0 Å². The highest BCUT2D eigenvalue weighted by molar-refractivity contribution is 7.49. The summed E-state index contributed by atoms with van der Waals surface area (Å²) in [7, 11) is -2.16. The fourth-order valence-electron chi connectivity index (χ4n) is 2.31. The third kappa shape index (κ3) is 1.52. The van der Waals surface area contributed by atoms with Gasteiger partial charge in [-0.1, -0.05) is 36.4 Å². The van der Waals surface area contributed by atoms with Crippen LogP contribution >= 0.6 is 8.03 Å². The van der Waals surface area contributed by atoms with Crippen LogP contribution in [0.1, 0.15) is 11.1 Å². The highest BCUT2D eigenvalue weighted by Gasteiger charge is 2.24. The van der Waals surface area contributed by atoms with Gasteiger partial charge in [-0.05, 0) is 30.5 Å². The Labute approximate surface area is 101 Å². The average Bonchev–Trinajstić information content (AvgIpc) is 2.31. The molecule has 1 heterocycles. The molecule has 1 unspecified atom stereocenters. The van der Waals surface area contributed by atoms with Crippen molar-refractivity contribution in [3.63, 3.8) is 0 Å². The minimum absolute atomic E-state index is 0.773. The van der Waals surface area contributed by atoms with Crippen LogP contribution in [-0.4, -0.2) is 0 Å². The molecule has 3 heteroatoms. The molecule has 2 nitrogen and oxygen atoms in total. The lowest BCUT2D eigenvalue weighted by atomic mass is 10.00. The van der Waals surface area contributed by atoms with Crippen molar-refractivity contribution in [3.05, 3.63) is 47.5 Å². The lowest BCUT2D eigenvalue weighted by Crippen LogP contribution is -2.13. The molecule has 0 spiro atoms. The summed E-state index contributed by atoms with van der Waals surface area (Å²) in [6.07, 6.45) is 0. The standard InChI is InChI=1S/C14H13O2P/c1-9-5-3-7-11-12-8-4-6-10(2)14(12)17(15)16-13(9)11/h3-8,17H,1-2H3. The molecule has 0 radical (unpaired) electrons. The monoisotopic (exact) mass is 244 g/mol. The zero-order chi connectivity index (χ0) is 12.0. The normalized spacial score (nSPS) is 16.9. The molecule has 0 aromatic heterocycles. The molecule has 3 rings (SSSR count). The van der Waals surface area contributed by atoms with Gasteiger partial charge in [0.05, 0.1) is 5.30 Å². The number of para-hydroxylation sites is 1. The van der Waals surface area contributed by atoms with Gasteiger partial charge in [0.15, 0.2) is 0 Å². The summed E-state index contributed by atoms with van der Waals surface area (Å²) in [4.78, 5) is 0. The number of benzene rings is 2. The molecule has 86 valence electrons. The maximum atomic E-state index is 12.2. The molecule has 1 aliphatic heterocycles. The molecule has 2 aromatic rings. The summed E-state index contributed by atoms with van der Waals surface area (Å²) in [5, 5.41) is 0.871. The topological polar surface area (TPSA) is 26.3 Å². The van der Waals surface area contributed by atoms with E-state index in [9.17, 15) is 4.57 Å². The average molecular weight is 244 g/mol. The van der Waals surface area contributed by atoms with Gasteiger partial charge in [0.1, 0.15) is 5.75 Å². The molecule has 0 saturated carbocycles. The number of hydrogen-bond donors (Lipinski definition) is 0. The molecule has 1 aliphatic rings. The number of rotatable bonds is 0. The number of hydrogen-bond acceptors (Lipinski definition) is 2. The molecular weight excluding hydrogens is 231 g/mol. The predicted octanol–water partition coefficient (Wildman–Crippen LogP) is 3.46. The Kier molecular flexibility index (Phi) is 2.34. The third-order valence-electron chi connectivity index (χ3n) is 3.17. The molecule has 0 amide bonds. The zero-order valence-electron chi connectivity index (χ0n) is 9.78. The highest BCUT2D eigenvalue weighted by atomic mass is 31.1. The van der Waals surface area contributed by atoms with Gasteiger partial charge in [-0.2, -0.15) is 0 Å². The Morgan fingerprint density at radius 3 is 2.35 bits per heavy atom. The van der Waals surface area contributed by atoms with Gasteiger partial charge < -0.3 is 4.52 Å². The number of aryl methyl sites for hydroxylation is 2. The zero-order valence-corrected chi connectivity index (χ0v) is 10.8. The first-order chi connectivity index (χ1) is 8.18. The van der Waals surface area contributed by atoms with E-state index in [0.29, 0.717) is 0 Å². The van der Waals surface area contributed by atoms with Crippen LogP contribution in [0.2, 0.25) is 0 Å². The Morgan fingerprint density at radius 1 is 0.941 bits per heavy atom. The summed E-state index contributed by atoms with van der Waals surface area (Å²) >= 11 is 0. The maximum absolute atomic E-state index is 12.2. The fraction of sp³-hybridized carbons (Fsp3) is 0.143. The van der Waals surface area contributed by atoms with Gasteiger partial charge in [-0.3, -0.25) is 4.57 Å². The van der Waals surface area contributed by atoms with E-state index in [-0.39, 0.29) is 0 Å². The molecular formula is C14H13O2P. The maximum Gasteiger partial charge on any atom is 0.266 e. The largest absolute Gasteiger partial charge is 0.441 e. The van der Waals surface area contributed by atoms with Crippen molar-refractivity contribution in [2.24, 2.45) is 0 Å². The van der Waals surface area contributed by atoms with Gasteiger partial charge in [0, 0.05) is 5.56 Å². The lowest BCUT2D eigenvalue weighted by molar-refractivity contribution is 0.511. The van der Waals surface area contributed by atoms with Crippen LogP contribution in [0.3, 0.4) is 0 Å². The minimum atomic E-state index is -2.16. The minimum Gasteiger partial charge on any atom is -0.441 e. The summed E-state index contributed by atoms with van der Waals surface area (Å²) < 4.78 is 17.8. The van der Waals surface area contributed by atoms with Gasteiger partial charge in [0.2, 0.25) is 0 Å². The van der Waals surface area contributed by atoms with E-state index >= 15 is 0 Å². The molecule has 0 saturated heterocycles. The number of fused-ring (bicyclic) bond motifs is 3. The molecule has 0 aliphatic carbocycles. The van der Waals surface area contributed by atoms with Crippen molar-refractivity contribution in [1.29, 1.82) is 0 Å². The molecule has 1 atom stereocenters. The first kappa shape index (κ1) is 10.6. The van der Waals surface area contributed by atoms with Crippen molar-refractivity contribution >= 4 is 13.3 Å². The Morgan fingerprint density at radius 2 is 1.59 bits per heavy atom. The Hall–Kier alpha value is -1.53.